The number of amides is 13. The second kappa shape index (κ2) is 43.6. The number of methoxy groups -OCH3 is 1. The Morgan fingerprint density at radius 2 is 0.927 bits per heavy atom. The van der Waals surface area contributed by atoms with E-state index in [0.717, 1.165) is 16.2 Å². The van der Waals surface area contributed by atoms with Crippen molar-refractivity contribution in [3.63, 3.8) is 0 Å². The van der Waals surface area contributed by atoms with Crippen molar-refractivity contribution in [3.8, 4) is 5.75 Å². The zero-order chi connectivity index (χ0) is 82.2. The molecule has 2 heterocycles. The summed E-state index contributed by atoms with van der Waals surface area (Å²) < 4.78 is 5.54. The van der Waals surface area contributed by atoms with Gasteiger partial charge in [0.25, 0.3) is 5.91 Å². The van der Waals surface area contributed by atoms with E-state index in [4.69, 9.17) is 4.74 Å². The molecular formula is C81H131N13O15. The topological polar surface area (TPSA) is 337 Å². The Morgan fingerprint density at radius 1 is 0.486 bits per heavy atom. The van der Waals surface area contributed by atoms with Gasteiger partial charge >= 0.3 is 0 Å². The van der Waals surface area contributed by atoms with Crippen molar-refractivity contribution in [1.29, 1.82) is 0 Å². The number of hydrogen-bond donors (Lipinski definition) is 6. The smallest absolute Gasteiger partial charge is 0.254 e. The zero-order valence-electron chi connectivity index (χ0n) is 69.2. The Hall–Kier alpha value is -8.69. The minimum atomic E-state index is -1.74. The summed E-state index contributed by atoms with van der Waals surface area (Å²) in [6.45, 7) is 24.2. The lowest BCUT2D eigenvalue weighted by atomic mass is 9.94. The maximum Gasteiger partial charge on any atom is 0.254 e. The molecule has 0 spiro atoms. The number of nitrogens with one attached hydrogen (secondary N) is 5. The summed E-state index contributed by atoms with van der Waals surface area (Å²) in [4.78, 5) is 206. The Morgan fingerprint density at radius 3 is 1.41 bits per heavy atom. The SMILES string of the molecule is CC[C@H](C)[C@@H]1NC(=O)[C@H](CC(C)C)N(C)C(=O)CCCN(C)C(=O)C[C@@H](C(=O)N2CCCCC2)NC(=O)[C@H](CC(C)C)N(C)C(=O)[C@H](CC(C)C)N(C)C(=O)[C@H]([C@@H](C)O)NC(=O)[C@H](CC(C)C)N(C)C(=O)[C@H](Cc2ccc(OC)c(C(=O)NC)c2)NC(=O)[C@H](CC(C)C)N(C)C(=O)[C@H](Cc2ccccc2)N(C)C1=O. The average molecular weight is 1530 g/mol. The first-order valence-electron chi connectivity index (χ1n) is 39.1. The van der Waals surface area contributed by atoms with E-state index in [9.17, 15) is 29.1 Å². The van der Waals surface area contributed by atoms with E-state index in [1.165, 1.54) is 107 Å². The first kappa shape index (κ1) is 92.7. The number of carbonyl (C=O) groups excluding carboxylic acids is 13. The quantitative estimate of drug-likeness (QED) is 0.101. The van der Waals surface area contributed by atoms with Crippen LogP contribution >= 0.6 is 0 Å². The highest BCUT2D eigenvalue weighted by atomic mass is 16.5. The van der Waals surface area contributed by atoms with Gasteiger partial charge in [-0.1, -0.05) is 126 Å². The lowest BCUT2D eigenvalue weighted by Gasteiger charge is -2.39. The van der Waals surface area contributed by atoms with Crippen molar-refractivity contribution in [1.82, 2.24) is 65.8 Å². The number of likely N-dealkylation sites (tertiary alicyclic amines) is 1. The predicted octanol–water partition coefficient (Wildman–Crippen LogP) is 5.05. The Balaban J connectivity index is 2.03. The lowest BCUT2D eigenvalue weighted by molar-refractivity contribution is -0.152. The largest absolute Gasteiger partial charge is 0.496 e. The van der Waals surface area contributed by atoms with E-state index in [2.05, 4.69) is 26.6 Å². The molecule has 0 aromatic heterocycles. The lowest BCUT2D eigenvalue weighted by Crippen LogP contribution is -2.63. The van der Waals surface area contributed by atoms with Gasteiger partial charge in [0.05, 0.1) is 25.2 Å². The van der Waals surface area contributed by atoms with Gasteiger partial charge in [-0.2, -0.15) is 0 Å². The predicted molar refractivity (Wildman–Crippen MR) is 418 cm³/mol. The molecule has 0 radical (unpaired) electrons. The summed E-state index contributed by atoms with van der Waals surface area (Å²) in [7, 11) is 12.9. The number of ether oxygens (including phenoxy) is 1. The highest BCUT2D eigenvalue weighted by Gasteiger charge is 2.45. The van der Waals surface area contributed by atoms with Crippen LogP contribution in [-0.4, -0.2) is 271 Å². The Kier molecular flexibility index (Phi) is 37.1. The van der Waals surface area contributed by atoms with Crippen molar-refractivity contribution in [2.45, 2.75) is 246 Å². The van der Waals surface area contributed by atoms with Gasteiger partial charge in [-0.05, 0) is 123 Å². The number of piperidine rings is 1. The molecule has 28 nitrogen and oxygen atoms in total. The number of benzene rings is 2. The van der Waals surface area contributed by atoms with Crippen LogP contribution in [0.4, 0.5) is 0 Å². The van der Waals surface area contributed by atoms with E-state index >= 15 is 38.4 Å². The van der Waals surface area contributed by atoms with Crippen LogP contribution in [0.2, 0.25) is 0 Å². The van der Waals surface area contributed by atoms with Crippen molar-refractivity contribution >= 4 is 76.8 Å². The molecule has 0 saturated carbocycles. The van der Waals surface area contributed by atoms with E-state index in [1.54, 1.807) is 48.2 Å². The molecule has 2 saturated heterocycles. The molecule has 2 aromatic carbocycles. The molecule has 2 aromatic rings. The monoisotopic (exact) mass is 1530 g/mol. The van der Waals surface area contributed by atoms with Crippen molar-refractivity contribution in [3.05, 3.63) is 65.2 Å². The van der Waals surface area contributed by atoms with Gasteiger partial charge in [-0.15, -0.1) is 0 Å². The molecule has 610 valence electrons. The number of rotatable bonds is 20. The van der Waals surface area contributed by atoms with E-state index in [1.807, 2.05) is 76.2 Å². The van der Waals surface area contributed by atoms with Gasteiger partial charge in [-0.25, -0.2) is 0 Å². The number of nitrogens with zero attached hydrogens (tertiary/aromatic N) is 8. The van der Waals surface area contributed by atoms with Crippen molar-refractivity contribution in [2.24, 2.45) is 35.5 Å². The average Bonchev–Trinajstić information content (AvgIpc) is 0.812. The normalized spacial score (nSPS) is 24.5. The van der Waals surface area contributed by atoms with Gasteiger partial charge in [0.2, 0.25) is 70.9 Å². The second-order valence-corrected chi connectivity index (χ2v) is 32.2. The van der Waals surface area contributed by atoms with Crippen LogP contribution < -0.4 is 31.3 Å². The minimum Gasteiger partial charge on any atom is -0.496 e. The third kappa shape index (κ3) is 26.5. The third-order valence-electron chi connectivity index (χ3n) is 21.0. The summed E-state index contributed by atoms with van der Waals surface area (Å²) >= 11 is 0. The molecule has 0 bridgehead atoms. The summed E-state index contributed by atoms with van der Waals surface area (Å²) in [6, 6.07) is -0.00615. The molecule has 2 fully saturated rings. The molecule has 0 aliphatic carbocycles. The van der Waals surface area contributed by atoms with Crippen molar-refractivity contribution < 1.29 is 72.2 Å². The number of aliphatic hydroxyl groups is 1. The highest BCUT2D eigenvalue weighted by Crippen LogP contribution is 2.27. The van der Waals surface area contributed by atoms with Gasteiger partial charge in [0.1, 0.15) is 66.2 Å². The van der Waals surface area contributed by atoms with Crippen LogP contribution in [0.15, 0.2) is 48.5 Å². The molecule has 4 rings (SSSR count). The van der Waals surface area contributed by atoms with Crippen LogP contribution in [0, 0.1) is 35.5 Å². The molecule has 12 atom stereocenters. The molecule has 0 unspecified atom stereocenters. The summed E-state index contributed by atoms with van der Waals surface area (Å²) in [5.74, 6) is -10.2. The third-order valence-corrected chi connectivity index (χ3v) is 21.0. The van der Waals surface area contributed by atoms with Crippen LogP contribution in [-0.2, 0) is 70.4 Å². The number of aliphatic hydroxyl groups excluding tert-OH is 1. The number of likely N-dealkylation sites (N-methyl/N-ethyl adjacent to an activating group) is 6. The van der Waals surface area contributed by atoms with Crippen LogP contribution in [0.25, 0.3) is 0 Å². The molecule has 2 aliphatic heterocycles. The fourth-order valence-electron chi connectivity index (χ4n) is 14.1. The van der Waals surface area contributed by atoms with Crippen LogP contribution in [0.1, 0.15) is 189 Å². The highest BCUT2D eigenvalue weighted by molar-refractivity contribution is 6.01. The molecule has 28 heteroatoms. The Labute approximate surface area is 647 Å². The Bertz CT molecular complexity index is 3420. The molecule has 6 N–H and O–H groups in total. The summed E-state index contributed by atoms with van der Waals surface area (Å²) in [5, 5.41) is 25.7. The first-order chi connectivity index (χ1) is 51.1. The summed E-state index contributed by atoms with van der Waals surface area (Å²) in [6.07, 6.45) is 0.580. The number of hydrogen-bond acceptors (Lipinski definition) is 15. The molecule has 2 aliphatic rings. The number of carbonyl (C=O) groups is 13. The zero-order valence-corrected chi connectivity index (χ0v) is 69.2. The van der Waals surface area contributed by atoms with Gasteiger partial charge in [0.15, 0.2) is 0 Å². The fourth-order valence-corrected chi connectivity index (χ4v) is 14.1. The van der Waals surface area contributed by atoms with Gasteiger partial charge < -0.3 is 75.6 Å². The van der Waals surface area contributed by atoms with Gasteiger partial charge in [0, 0.05) is 95.3 Å². The molecule has 13 amide bonds. The maximum absolute atomic E-state index is 15.8. The van der Waals surface area contributed by atoms with E-state index < -0.39 is 156 Å². The van der Waals surface area contributed by atoms with E-state index in [-0.39, 0.29) is 105 Å². The fraction of sp³-hybridized carbons (Fsp3) is 0.691. The van der Waals surface area contributed by atoms with Gasteiger partial charge in [-0.3, -0.25) is 62.3 Å². The van der Waals surface area contributed by atoms with Crippen LogP contribution in [0.5, 0.6) is 5.75 Å². The summed E-state index contributed by atoms with van der Waals surface area (Å²) in [5.41, 5.74) is 1.13. The molecule has 109 heavy (non-hydrogen) atoms. The molecular weight excluding hydrogens is 1390 g/mol. The standard InChI is InChI=1S/C81H131N13O15/c1-23-53(12)69-80(107)93(21)65(46-55-31-26-24-27-32-55)79(106)91(19)61(40-49(4)5)72(99)83-58(45-56-34-35-66(109-22)57(44-56)71(98)82-14)76(103)89(17)63(42-51(8)9)75(102)86-70(54(13)95)81(108)92(20)64(43-52(10)11)78(105)90(18)62(41-50(6)7)73(100)84-59(77(104)94-37-28-25-29-38-94)47-68(97)87(15)36-30-33-67(96)88(16)60(39-48(2)3)74(101)85-69/h24,26-27,31-32,34-35,44,48-54,58-65,69-70,95H,23,25,28-30,33,36-43,45-47H2,1-22H3,(H,82,98)(H,83,99)(H,84,100)(H,85,101)(H,86,102)/t53-,54+,58-,59-,60-,61-,62-,63-,64-,65-,69-,70-/m0/s1. The van der Waals surface area contributed by atoms with Crippen LogP contribution in [0.3, 0.4) is 0 Å². The van der Waals surface area contributed by atoms with Crippen molar-refractivity contribution in [2.75, 3.05) is 83.1 Å². The minimum absolute atomic E-state index is 0.0262. The van der Waals surface area contributed by atoms with E-state index in [0.29, 0.717) is 43.5 Å². The first-order valence-corrected chi connectivity index (χ1v) is 39.1. The second-order valence-electron chi connectivity index (χ2n) is 32.2. The maximum atomic E-state index is 15.8.